The largest absolute Gasteiger partial charge is 0.459 e. The minimum atomic E-state index is -0.473. The van der Waals surface area contributed by atoms with Crippen molar-refractivity contribution < 1.29 is 14.1 Å². The van der Waals surface area contributed by atoms with Gasteiger partial charge in [0.1, 0.15) is 11.5 Å². The Morgan fingerprint density at radius 1 is 1.04 bits per heavy atom. The molecule has 0 aliphatic carbocycles. The molecule has 6 nitrogen and oxygen atoms in total. The first-order chi connectivity index (χ1) is 12.5. The van der Waals surface area contributed by atoms with Crippen LogP contribution in [0.4, 0.5) is 5.69 Å². The topological polar surface area (TPSA) is 85.4 Å². The quantitative estimate of drug-likeness (QED) is 0.515. The fourth-order valence-electron chi connectivity index (χ4n) is 2.41. The Hall–Kier alpha value is -3.12. The molecular formula is C19H15ClN2O4. The summed E-state index contributed by atoms with van der Waals surface area (Å²) in [5.41, 5.74) is 1.60. The van der Waals surface area contributed by atoms with Gasteiger partial charge in [0.05, 0.1) is 17.9 Å². The molecule has 0 spiro atoms. The summed E-state index contributed by atoms with van der Waals surface area (Å²) in [4.78, 5) is 22.2. The van der Waals surface area contributed by atoms with Crippen molar-refractivity contribution in [2.45, 2.75) is 13.0 Å². The van der Waals surface area contributed by atoms with Gasteiger partial charge in [0.15, 0.2) is 0 Å². The molecule has 132 valence electrons. The van der Waals surface area contributed by atoms with Crippen LogP contribution in [-0.4, -0.2) is 10.8 Å². The molecule has 0 saturated carbocycles. The van der Waals surface area contributed by atoms with Gasteiger partial charge in [-0.25, -0.2) is 0 Å². The fraction of sp³-hybridized carbons (Fsp3) is 0.105. The van der Waals surface area contributed by atoms with Crippen LogP contribution in [0.2, 0.25) is 5.02 Å². The highest BCUT2D eigenvalue weighted by molar-refractivity contribution is 6.30. The lowest BCUT2D eigenvalue weighted by Crippen LogP contribution is -2.24. The SMILES string of the molecule is O=C(Cc1ccc([N+](=O)[O-])cc1)NCc1ccc(-c2ccc(Cl)cc2)o1. The van der Waals surface area contributed by atoms with Gasteiger partial charge in [-0.1, -0.05) is 23.7 Å². The highest BCUT2D eigenvalue weighted by atomic mass is 35.5. The summed E-state index contributed by atoms with van der Waals surface area (Å²) in [7, 11) is 0. The van der Waals surface area contributed by atoms with Crippen molar-refractivity contribution in [1.82, 2.24) is 5.32 Å². The van der Waals surface area contributed by atoms with Gasteiger partial charge in [-0.15, -0.1) is 0 Å². The van der Waals surface area contributed by atoms with Crippen molar-refractivity contribution in [3.8, 4) is 11.3 Å². The van der Waals surface area contributed by atoms with Crippen LogP contribution in [0.5, 0.6) is 0 Å². The van der Waals surface area contributed by atoms with Crippen molar-refractivity contribution >= 4 is 23.2 Å². The molecule has 0 unspecified atom stereocenters. The number of rotatable bonds is 6. The molecule has 0 fully saturated rings. The second-order valence-corrected chi connectivity index (χ2v) is 6.09. The maximum Gasteiger partial charge on any atom is 0.269 e. The van der Waals surface area contributed by atoms with Crippen LogP contribution < -0.4 is 5.32 Å². The Labute approximate surface area is 154 Å². The second kappa shape index (κ2) is 7.84. The average molecular weight is 371 g/mol. The zero-order chi connectivity index (χ0) is 18.5. The molecular weight excluding hydrogens is 356 g/mol. The number of amides is 1. The third kappa shape index (κ3) is 4.49. The number of non-ortho nitro benzene ring substituents is 1. The summed E-state index contributed by atoms with van der Waals surface area (Å²) < 4.78 is 5.72. The van der Waals surface area contributed by atoms with E-state index >= 15 is 0 Å². The summed E-state index contributed by atoms with van der Waals surface area (Å²) in [5, 5.41) is 14.0. The Kier molecular flexibility index (Phi) is 5.34. The fourth-order valence-corrected chi connectivity index (χ4v) is 2.54. The molecule has 1 aromatic heterocycles. The third-order valence-corrected chi connectivity index (χ3v) is 4.01. The van der Waals surface area contributed by atoms with E-state index in [-0.39, 0.29) is 24.6 Å². The molecule has 0 aliphatic rings. The number of nitro groups is 1. The smallest absolute Gasteiger partial charge is 0.269 e. The Morgan fingerprint density at radius 3 is 2.38 bits per heavy atom. The molecule has 26 heavy (non-hydrogen) atoms. The summed E-state index contributed by atoms with van der Waals surface area (Å²) in [5.74, 6) is 1.14. The average Bonchev–Trinajstić information content (AvgIpc) is 3.10. The first kappa shape index (κ1) is 17.7. The zero-order valence-electron chi connectivity index (χ0n) is 13.6. The summed E-state index contributed by atoms with van der Waals surface area (Å²) in [6, 6.07) is 16.8. The van der Waals surface area contributed by atoms with Crippen LogP contribution >= 0.6 is 11.6 Å². The van der Waals surface area contributed by atoms with Crippen molar-refractivity contribution in [2.75, 3.05) is 0 Å². The molecule has 0 saturated heterocycles. The van der Waals surface area contributed by atoms with Gasteiger partial charge < -0.3 is 9.73 Å². The Bertz CT molecular complexity index is 917. The van der Waals surface area contributed by atoms with E-state index in [1.54, 1.807) is 30.3 Å². The molecule has 1 heterocycles. The van der Waals surface area contributed by atoms with E-state index in [1.807, 2.05) is 18.2 Å². The predicted molar refractivity (Wildman–Crippen MR) is 97.8 cm³/mol. The summed E-state index contributed by atoms with van der Waals surface area (Å²) >= 11 is 5.87. The van der Waals surface area contributed by atoms with E-state index in [1.165, 1.54) is 12.1 Å². The van der Waals surface area contributed by atoms with E-state index in [0.717, 1.165) is 5.56 Å². The van der Waals surface area contributed by atoms with E-state index in [0.29, 0.717) is 22.1 Å². The van der Waals surface area contributed by atoms with Gasteiger partial charge in [0.25, 0.3) is 5.69 Å². The van der Waals surface area contributed by atoms with Gasteiger partial charge in [0, 0.05) is 22.7 Å². The van der Waals surface area contributed by atoms with Crippen molar-refractivity contribution in [3.05, 3.63) is 87.1 Å². The summed E-state index contributed by atoms with van der Waals surface area (Å²) in [6.45, 7) is 0.263. The molecule has 0 atom stereocenters. The number of carbonyl (C=O) groups is 1. The van der Waals surface area contributed by atoms with Crippen molar-refractivity contribution in [3.63, 3.8) is 0 Å². The minimum Gasteiger partial charge on any atom is -0.459 e. The van der Waals surface area contributed by atoms with Crippen LogP contribution in [0.3, 0.4) is 0 Å². The lowest BCUT2D eigenvalue weighted by Gasteiger charge is -2.04. The van der Waals surface area contributed by atoms with Crippen LogP contribution in [0.15, 0.2) is 65.1 Å². The van der Waals surface area contributed by atoms with E-state index < -0.39 is 4.92 Å². The molecule has 2 aromatic carbocycles. The molecule has 0 radical (unpaired) electrons. The van der Waals surface area contributed by atoms with Crippen LogP contribution in [-0.2, 0) is 17.8 Å². The number of hydrogen-bond donors (Lipinski definition) is 1. The first-order valence-electron chi connectivity index (χ1n) is 7.86. The number of carbonyl (C=O) groups excluding carboxylic acids is 1. The maximum absolute atomic E-state index is 12.0. The molecule has 1 amide bonds. The number of hydrogen-bond acceptors (Lipinski definition) is 4. The standard InChI is InChI=1S/C19H15ClN2O4/c20-15-5-3-14(4-6-15)18-10-9-17(26-18)12-21-19(23)11-13-1-7-16(8-2-13)22(24)25/h1-10H,11-12H2,(H,21,23). The highest BCUT2D eigenvalue weighted by Crippen LogP contribution is 2.23. The van der Waals surface area contributed by atoms with E-state index in [2.05, 4.69) is 5.32 Å². The second-order valence-electron chi connectivity index (χ2n) is 5.65. The normalized spacial score (nSPS) is 10.5. The lowest BCUT2D eigenvalue weighted by atomic mass is 10.1. The highest BCUT2D eigenvalue weighted by Gasteiger charge is 2.09. The van der Waals surface area contributed by atoms with Gasteiger partial charge in [-0.05, 0) is 42.0 Å². The Morgan fingerprint density at radius 2 is 1.73 bits per heavy atom. The molecule has 7 heteroatoms. The number of furan rings is 1. The predicted octanol–water partition coefficient (Wildman–Crippen LogP) is 4.37. The number of nitro benzene ring substituents is 1. The van der Waals surface area contributed by atoms with Gasteiger partial charge in [0.2, 0.25) is 5.91 Å². The number of benzene rings is 2. The number of nitrogens with zero attached hydrogens (tertiary/aromatic N) is 1. The minimum absolute atomic E-state index is 0.000488. The third-order valence-electron chi connectivity index (χ3n) is 3.76. The monoisotopic (exact) mass is 370 g/mol. The summed E-state index contributed by atoms with van der Waals surface area (Å²) in [6.07, 6.45) is 0.142. The van der Waals surface area contributed by atoms with Gasteiger partial charge in [-0.2, -0.15) is 0 Å². The van der Waals surface area contributed by atoms with Crippen molar-refractivity contribution in [2.24, 2.45) is 0 Å². The van der Waals surface area contributed by atoms with Crippen LogP contribution in [0.1, 0.15) is 11.3 Å². The number of halogens is 1. The van der Waals surface area contributed by atoms with Crippen molar-refractivity contribution in [1.29, 1.82) is 0 Å². The molecule has 1 N–H and O–H groups in total. The van der Waals surface area contributed by atoms with Gasteiger partial charge in [-0.3, -0.25) is 14.9 Å². The van der Waals surface area contributed by atoms with E-state index in [9.17, 15) is 14.9 Å². The van der Waals surface area contributed by atoms with Gasteiger partial charge >= 0.3 is 0 Å². The molecule has 3 aromatic rings. The zero-order valence-corrected chi connectivity index (χ0v) is 14.4. The maximum atomic E-state index is 12.0. The first-order valence-corrected chi connectivity index (χ1v) is 8.24. The van der Waals surface area contributed by atoms with Crippen LogP contribution in [0.25, 0.3) is 11.3 Å². The molecule has 3 rings (SSSR count). The lowest BCUT2D eigenvalue weighted by molar-refractivity contribution is -0.384. The van der Waals surface area contributed by atoms with Crippen LogP contribution in [0, 0.1) is 10.1 Å². The Balaban J connectivity index is 1.54. The van der Waals surface area contributed by atoms with E-state index in [4.69, 9.17) is 16.0 Å². The number of nitrogens with one attached hydrogen (secondary N) is 1. The molecule has 0 bridgehead atoms. The molecule has 0 aliphatic heterocycles.